The smallest absolute Gasteiger partial charge is 0.407 e. The van der Waals surface area contributed by atoms with E-state index in [0.29, 0.717) is 13.1 Å². The Hall–Kier alpha value is -1.78. The second-order valence-electron chi connectivity index (χ2n) is 4.67. The summed E-state index contributed by atoms with van der Waals surface area (Å²) >= 11 is 0. The maximum absolute atomic E-state index is 11.3. The zero-order chi connectivity index (χ0) is 12.9. The molecule has 0 saturated heterocycles. The molecule has 0 saturated carbocycles. The van der Waals surface area contributed by atoms with Crippen LogP contribution in [0.4, 0.5) is 4.79 Å². The molecule has 0 spiro atoms. The van der Waals surface area contributed by atoms with Crippen molar-refractivity contribution in [1.82, 2.24) is 14.9 Å². The van der Waals surface area contributed by atoms with Gasteiger partial charge in [0.1, 0.15) is 5.60 Å². The van der Waals surface area contributed by atoms with Gasteiger partial charge in [0.25, 0.3) is 0 Å². The second-order valence-corrected chi connectivity index (χ2v) is 4.67. The van der Waals surface area contributed by atoms with E-state index in [1.165, 1.54) is 0 Å². The molecule has 1 aromatic heterocycles. The highest BCUT2D eigenvalue weighted by molar-refractivity contribution is 5.67. The monoisotopic (exact) mass is 237 g/mol. The SMILES string of the molecule is C=Cc1cn(CCNC(=O)OC(C)(C)C)cn1. The molecule has 0 aliphatic heterocycles. The van der Waals surface area contributed by atoms with E-state index in [2.05, 4.69) is 16.9 Å². The van der Waals surface area contributed by atoms with Crippen molar-refractivity contribution in [3.05, 3.63) is 24.8 Å². The van der Waals surface area contributed by atoms with Crippen LogP contribution in [0.15, 0.2) is 19.1 Å². The van der Waals surface area contributed by atoms with Crippen molar-refractivity contribution in [3.8, 4) is 0 Å². The number of hydrogen-bond donors (Lipinski definition) is 1. The summed E-state index contributed by atoms with van der Waals surface area (Å²) in [6.45, 7) is 10.3. The molecule has 0 radical (unpaired) electrons. The van der Waals surface area contributed by atoms with Crippen LogP contribution >= 0.6 is 0 Å². The molecule has 1 N–H and O–H groups in total. The zero-order valence-electron chi connectivity index (χ0n) is 10.6. The number of carbonyl (C=O) groups is 1. The fraction of sp³-hybridized carbons (Fsp3) is 0.500. The first kappa shape index (κ1) is 13.3. The van der Waals surface area contributed by atoms with Crippen LogP contribution in [0.5, 0.6) is 0 Å². The predicted molar refractivity (Wildman–Crippen MR) is 66.6 cm³/mol. The van der Waals surface area contributed by atoms with Crippen molar-refractivity contribution in [1.29, 1.82) is 0 Å². The van der Waals surface area contributed by atoms with Crippen molar-refractivity contribution in [2.75, 3.05) is 6.54 Å². The summed E-state index contributed by atoms with van der Waals surface area (Å²) in [5.74, 6) is 0. The van der Waals surface area contributed by atoms with E-state index in [9.17, 15) is 4.79 Å². The van der Waals surface area contributed by atoms with E-state index >= 15 is 0 Å². The van der Waals surface area contributed by atoms with Gasteiger partial charge in [-0.05, 0) is 26.8 Å². The Morgan fingerprint density at radius 1 is 1.65 bits per heavy atom. The standard InChI is InChI=1S/C12H19N3O2/c1-5-10-8-15(9-14-10)7-6-13-11(16)17-12(2,3)4/h5,8-9H,1,6-7H2,2-4H3,(H,13,16). The molecule has 0 aromatic carbocycles. The maximum atomic E-state index is 11.3. The minimum absolute atomic E-state index is 0.401. The van der Waals surface area contributed by atoms with Gasteiger partial charge in [0.05, 0.1) is 12.0 Å². The van der Waals surface area contributed by atoms with Crippen LogP contribution in [-0.2, 0) is 11.3 Å². The summed E-state index contributed by atoms with van der Waals surface area (Å²) in [6, 6.07) is 0. The van der Waals surface area contributed by atoms with Crippen molar-refractivity contribution in [3.63, 3.8) is 0 Å². The molecule has 0 atom stereocenters. The van der Waals surface area contributed by atoms with E-state index in [1.807, 2.05) is 31.5 Å². The van der Waals surface area contributed by atoms with Gasteiger partial charge in [-0.25, -0.2) is 9.78 Å². The molecule has 0 fully saturated rings. The topological polar surface area (TPSA) is 56.2 Å². The van der Waals surface area contributed by atoms with Crippen LogP contribution in [0, 0.1) is 0 Å². The van der Waals surface area contributed by atoms with Crippen molar-refractivity contribution in [2.45, 2.75) is 32.9 Å². The molecular formula is C12H19N3O2. The lowest BCUT2D eigenvalue weighted by molar-refractivity contribution is 0.0526. The van der Waals surface area contributed by atoms with Gasteiger partial charge in [0.2, 0.25) is 0 Å². The number of hydrogen-bond acceptors (Lipinski definition) is 3. The molecule has 5 nitrogen and oxygen atoms in total. The molecule has 17 heavy (non-hydrogen) atoms. The van der Waals surface area contributed by atoms with Crippen molar-refractivity contribution < 1.29 is 9.53 Å². The fourth-order valence-corrected chi connectivity index (χ4v) is 1.21. The molecular weight excluding hydrogens is 218 g/mol. The molecule has 0 unspecified atom stereocenters. The fourth-order valence-electron chi connectivity index (χ4n) is 1.21. The van der Waals surface area contributed by atoms with E-state index in [0.717, 1.165) is 5.69 Å². The first-order valence-corrected chi connectivity index (χ1v) is 5.52. The average Bonchev–Trinajstić information content (AvgIpc) is 2.63. The van der Waals surface area contributed by atoms with Gasteiger partial charge < -0.3 is 14.6 Å². The molecule has 1 aromatic rings. The first-order chi connectivity index (χ1) is 7.90. The number of ether oxygens (including phenoxy) is 1. The third-order valence-electron chi connectivity index (χ3n) is 1.90. The molecule has 1 heterocycles. The minimum atomic E-state index is -0.463. The van der Waals surface area contributed by atoms with E-state index < -0.39 is 11.7 Å². The third kappa shape index (κ3) is 5.19. The highest BCUT2D eigenvalue weighted by Gasteiger charge is 2.15. The van der Waals surface area contributed by atoms with E-state index in [1.54, 1.807) is 12.4 Å². The number of carbonyl (C=O) groups excluding carboxylic acids is 1. The number of amides is 1. The zero-order valence-corrected chi connectivity index (χ0v) is 10.6. The summed E-state index contributed by atoms with van der Waals surface area (Å²) in [7, 11) is 0. The summed E-state index contributed by atoms with van der Waals surface area (Å²) in [6.07, 6.45) is 4.84. The lowest BCUT2D eigenvalue weighted by atomic mass is 10.2. The highest BCUT2D eigenvalue weighted by atomic mass is 16.6. The summed E-state index contributed by atoms with van der Waals surface area (Å²) in [5.41, 5.74) is 0.358. The van der Waals surface area contributed by atoms with Gasteiger partial charge in [-0.3, -0.25) is 0 Å². The lowest BCUT2D eigenvalue weighted by Gasteiger charge is -2.19. The molecule has 0 aliphatic rings. The number of alkyl carbamates (subject to hydrolysis) is 1. The van der Waals surface area contributed by atoms with Crippen molar-refractivity contribution >= 4 is 12.2 Å². The van der Waals surface area contributed by atoms with Crippen LogP contribution in [0.25, 0.3) is 6.08 Å². The highest BCUT2D eigenvalue weighted by Crippen LogP contribution is 2.06. The Morgan fingerprint density at radius 2 is 2.35 bits per heavy atom. The summed E-state index contributed by atoms with van der Waals surface area (Å²) in [4.78, 5) is 15.4. The van der Waals surface area contributed by atoms with Crippen LogP contribution in [0.3, 0.4) is 0 Å². The van der Waals surface area contributed by atoms with Gasteiger partial charge in [0.15, 0.2) is 0 Å². The lowest BCUT2D eigenvalue weighted by Crippen LogP contribution is -2.34. The number of nitrogens with zero attached hydrogens (tertiary/aromatic N) is 2. The normalized spacial score (nSPS) is 11.0. The first-order valence-electron chi connectivity index (χ1n) is 5.52. The van der Waals surface area contributed by atoms with Gasteiger partial charge >= 0.3 is 6.09 Å². The molecule has 5 heteroatoms. The van der Waals surface area contributed by atoms with Gasteiger partial charge in [-0.2, -0.15) is 0 Å². The molecule has 1 rings (SSSR count). The van der Waals surface area contributed by atoms with E-state index in [-0.39, 0.29) is 0 Å². The molecule has 1 amide bonds. The summed E-state index contributed by atoms with van der Waals surface area (Å²) in [5, 5.41) is 2.68. The van der Waals surface area contributed by atoms with Gasteiger partial charge in [-0.1, -0.05) is 6.58 Å². The Morgan fingerprint density at radius 3 is 2.88 bits per heavy atom. The van der Waals surface area contributed by atoms with Crippen LogP contribution < -0.4 is 5.32 Å². The third-order valence-corrected chi connectivity index (χ3v) is 1.90. The molecule has 0 aliphatic carbocycles. The van der Waals surface area contributed by atoms with Crippen LogP contribution in [0.2, 0.25) is 0 Å². The molecule has 0 bridgehead atoms. The number of nitrogens with one attached hydrogen (secondary N) is 1. The number of imidazole rings is 1. The van der Waals surface area contributed by atoms with Crippen LogP contribution in [0.1, 0.15) is 26.5 Å². The Labute approximate surface area is 101 Å². The largest absolute Gasteiger partial charge is 0.444 e. The van der Waals surface area contributed by atoms with Gasteiger partial charge in [-0.15, -0.1) is 0 Å². The van der Waals surface area contributed by atoms with Crippen molar-refractivity contribution in [2.24, 2.45) is 0 Å². The average molecular weight is 237 g/mol. The Bertz CT molecular complexity index is 391. The maximum Gasteiger partial charge on any atom is 0.407 e. The predicted octanol–water partition coefficient (Wildman–Crippen LogP) is 2.05. The quantitative estimate of drug-likeness (QED) is 0.872. The Kier molecular flexibility index (Phi) is 4.31. The minimum Gasteiger partial charge on any atom is -0.444 e. The van der Waals surface area contributed by atoms with Gasteiger partial charge in [0, 0.05) is 19.3 Å². The summed E-state index contributed by atoms with van der Waals surface area (Å²) < 4.78 is 6.99. The Balaban J connectivity index is 2.28. The number of rotatable bonds is 4. The number of aromatic nitrogens is 2. The van der Waals surface area contributed by atoms with E-state index in [4.69, 9.17) is 4.74 Å². The molecule has 94 valence electrons. The second kappa shape index (κ2) is 5.52. The van der Waals surface area contributed by atoms with Crippen LogP contribution in [-0.4, -0.2) is 27.8 Å².